The summed E-state index contributed by atoms with van der Waals surface area (Å²) in [4.78, 5) is 4.50. The Balaban J connectivity index is 1.62. The second kappa shape index (κ2) is 6.03. The molecule has 0 aliphatic carbocycles. The summed E-state index contributed by atoms with van der Waals surface area (Å²) in [6, 6.07) is 14.5. The van der Waals surface area contributed by atoms with Gasteiger partial charge in [-0.15, -0.1) is 11.3 Å². The van der Waals surface area contributed by atoms with Gasteiger partial charge in [0.05, 0.1) is 22.0 Å². The Kier molecular flexibility index (Phi) is 3.70. The number of aromatic hydroxyl groups is 1. The summed E-state index contributed by atoms with van der Waals surface area (Å²) in [5.41, 5.74) is 1.78. The molecule has 0 radical (unpaired) electrons. The van der Waals surface area contributed by atoms with Crippen LogP contribution in [0.25, 0.3) is 15.8 Å². The average Bonchev–Trinajstić information content (AvgIpc) is 3.14. The maximum absolute atomic E-state index is 10.3. The third kappa shape index (κ3) is 2.74. The Labute approximate surface area is 147 Å². The fourth-order valence-electron chi connectivity index (χ4n) is 2.60. The van der Waals surface area contributed by atoms with E-state index in [-0.39, 0.29) is 23.9 Å². The number of aromatic nitrogens is 1. The number of aliphatic hydroxyl groups excluding tert-OH is 1. The number of aliphatic hydroxyl groups is 1. The number of hydrazone groups is 1. The second-order valence-corrected chi connectivity index (χ2v) is 6.55. The van der Waals surface area contributed by atoms with Gasteiger partial charge >= 0.3 is 0 Å². The van der Waals surface area contributed by atoms with Crippen LogP contribution in [0.3, 0.4) is 0 Å². The van der Waals surface area contributed by atoms with Gasteiger partial charge in [-0.2, -0.15) is 5.10 Å². The van der Waals surface area contributed by atoms with Crippen LogP contribution in [0.15, 0.2) is 59.4 Å². The first-order valence-electron chi connectivity index (χ1n) is 7.60. The average molecular weight is 350 g/mol. The summed E-state index contributed by atoms with van der Waals surface area (Å²) in [7, 11) is 0. The molecule has 0 bridgehead atoms. The monoisotopic (exact) mass is 350 g/mol. The predicted octanol–water partition coefficient (Wildman–Crippen LogP) is 3.60. The zero-order chi connectivity index (χ0) is 17.4. The minimum absolute atomic E-state index is 0.0680. The van der Waals surface area contributed by atoms with Gasteiger partial charge in [0, 0.05) is 5.56 Å². The molecule has 1 aromatic heterocycles. The van der Waals surface area contributed by atoms with Crippen LogP contribution in [-0.4, -0.2) is 38.8 Å². The highest BCUT2D eigenvalue weighted by Crippen LogP contribution is 2.33. The molecule has 3 N–H and O–H groups in total. The number of hydrogen-bond donors (Lipinski definition) is 3. The van der Waals surface area contributed by atoms with Crippen LogP contribution in [0.1, 0.15) is 10.6 Å². The molecule has 2 aromatic carbocycles. The van der Waals surface area contributed by atoms with Crippen LogP contribution in [0.2, 0.25) is 0 Å². The summed E-state index contributed by atoms with van der Waals surface area (Å²) in [5.74, 6) is 0.266. The van der Waals surface area contributed by atoms with E-state index in [1.54, 1.807) is 24.3 Å². The van der Waals surface area contributed by atoms with Crippen LogP contribution in [-0.2, 0) is 0 Å². The number of rotatable bonds is 3. The second-order valence-electron chi connectivity index (χ2n) is 5.52. The van der Waals surface area contributed by atoms with Gasteiger partial charge in [0.2, 0.25) is 0 Å². The van der Waals surface area contributed by atoms with Crippen molar-refractivity contribution >= 4 is 39.2 Å². The lowest BCUT2D eigenvalue weighted by molar-refractivity contribution is 0.358. The molecule has 0 atom stereocenters. The fraction of sp³-hybridized carbons (Fsp3) is 0.0556. The fourth-order valence-corrected chi connectivity index (χ4v) is 3.63. The quantitative estimate of drug-likeness (QED) is 0.629. The van der Waals surface area contributed by atoms with Crippen LogP contribution in [0.5, 0.6) is 5.75 Å². The molecule has 0 saturated heterocycles. The van der Waals surface area contributed by atoms with Crippen molar-refractivity contribution in [1.29, 1.82) is 5.41 Å². The van der Waals surface area contributed by atoms with Crippen molar-refractivity contribution in [3.63, 3.8) is 0 Å². The van der Waals surface area contributed by atoms with Gasteiger partial charge in [-0.05, 0) is 24.3 Å². The SMILES string of the molecule is N=C1C(c2nc3ccccc3s2)=C(O)CN1/N=C\c1ccccc1O. The van der Waals surface area contributed by atoms with Crippen molar-refractivity contribution in [3.8, 4) is 5.75 Å². The normalized spacial score (nSPS) is 15.0. The smallest absolute Gasteiger partial charge is 0.155 e. The highest BCUT2D eigenvalue weighted by molar-refractivity contribution is 7.19. The third-order valence-corrected chi connectivity index (χ3v) is 4.92. The molecule has 7 heteroatoms. The van der Waals surface area contributed by atoms with Crippen LogP contribution >= 0.6 is 11.3 Å². The zero-order valence-corrected chi connectivity index (χ0v) is 13.9. The summed E-state index contributed by atoms with van der Waals surface area (Å²) in [6.07, 6.45) is 1.47. The van der Waals surface area contributed by atoms with E-state index in [4.69, 9.17) is 5.41 Å². The number of hydrogen-bond acceptors (Lipinski definition) is 6. The molecule has 25 heavy (non-hydrogen) atoms. The van der Waals surface area contributed by atoms with E-state index < -0.39 is 0 Å². The summed E-state index contributed by atoms with van der Waals surface area (Å²) in [6.45, 7) is 0.105. The van der Waals surface area contributed by atoms with E-state index in [2.05, 4.69) is 10.1 Å². The molecule has 0 saturated carbocycles. The minimum Gasteiger partial charge on any atom is -0.509 e. The molecule has 2 heterocycles. The summed E-state index contributed by atoms with van der Waals surface area (Å²) in [5, 5.41) is 34.6. The predicted molar refractivity (Wildman–Crippen MR) is 99.3 cm³/mol. The van der Waals surface area contributed by atoms with E-state index in [1.807, 2.05) is 24.3 Å². The molecule has 0 amide bonds. The first-order chi connectivity index (χ1) is 12.1. The van der Waals surface area contributed by atoms with Gasteiger partial charge in [0.25, 0.3) is 0 Å². The summed E-state index contributed by atoms with van der Waals surface area (Å²) < 4.78 is 1.00. The van der Waals surface area contributed by atoms with Crippen molar-refractivity contribution < 1.29 is 10.2 Å². The van der Waals surface area contributed by atoms with Crippen LogP contribution in [0.4, 0.5) is 0 Å². The topological polar surface area (TPSA) is 92.8 Å². The lowest BCUT2D eigenvalue weighted by Crippen LogP contribution is -2.20. The maximum Gasteiger partial charge on any atom is 0.155 e. The first-order valence-corrected chi connectivity index (χ1v) is 8.41. The third-order valence-electron chi connectivity index (χ3n) is 3.86. The molecule has 6 nitrogen and oxygen atoms in total. The van der Waals surface area contributed by atoms with E-state index in [1.165, 1.54) is 22.6 Å². The molecule has 3 aromatic rings. The number of para-hydroxylation sites is 2. The number of thiazole rings is 1. The molecular weight excluding hydrogens is 336 g/mol. The number of nitrogens with zero attached hydrogens (tertiary/aromatic N) is 3. The lowest BCUT2D eigenvalue weighted by atomic mass is 10.2. The zero-order valence-electron chi connectivity index (χ0n) is 13.0. The summed E-state index contributed by atoms with van der Waals surface area (Å²) >= 11 is 1.43. The van der Waals surface area contributed by atoms with Crippen LogP contribution in [0, 0.1) is 5.41 Å². The Morgan fingerprint density at radius 2 is 1.88 bits per heavy atom. The Morgan fingerprint density at radius 3 is 2.68 bits per heavy atom. The number of phenolic OH excluding ortho intramolecular Hbond substituents is 1. The largest absolute Gasteiger partial charge is 0.509 e. The van der Waals surface area contributed by atoms with E-state index in [0.717, 1.165) is 10.2 Å². The van der Waals surface area contributed by atoms with Crippen molar-refractivity contribution in [2.45, 2.75) is 0 Å². The van der Waals surface area contributed by atoms with Gasteiger partial charge in [-0.3, -0.25) is 5.41 Å². The van der Waals surface area contributed by atoms with Crippen molar-refractivity contribution in [2.24, 2.45) is 5.10 Å². The van der Waals surface area contributed by atoms with Gasteiger partial charge in [-0.25, -0.2) is 9.99 Å². The van der Waals surface area contributed by atoms with Crippen molar-refractivity contribution in [1.82, 2.24) is 9.99 Å². The molecule has 124 valence electrons. The number of phenols is 1. The number of benzene rings is 2. The molecule has 4 rings (SSSR count). The van der Waals surface area contributed by atoms with Crippen molar-refractivity contribution in [3.05, 3.63) is 64.9 Å². The Hall–Kier alpha value is -3.19. The number of fused-ring (bicyclic) bond motifs is 1. The van der Waals surface area contributed by atoms with E-state index in [9.17, 15) is 10.2 Å². The maximum atomic E-state index is 10.3. The minimum atomic E-state index is 0.0680. The molecule has 0 spiro atoms. The van der Waals surface area contributed by atoms with Crippen molar-refractivity contribution in [2.75, 3.05) is 6.54 Å². The van der Waals surface area contributed by atoms with Gasteiger partial charge in [0.1, 0.15) is 23.1 Å². The van der Waals surface area contributed by atoms with Gasteiger partial charge in [0.15, 0.2) is 5.84 Å². The molecule has 1 aliphatic rings. The number of amidine groups is 1. The standard InChI is InChI=1S/C18H14N4O2S/c19-17-16(18-21-12-6-2-4-8-15(12)25-18)14(24)10-22(17)20-9-11-5-1-3-7-13(11)23/h1-9,19,23-24H,10H2/b19-17?,20-9-. The van der Waals surface area contributed by atoms with Crippen LogP contribution < -0.4 is 0 Å². The highest BCUT2D eigenvalue weighted by atomic mass is 32.1. The van der Waals surface area contributed by atoms with Gasteiger partial charge in [-0.1, -0.05) is 24.3 Å². The molecule has 0 fully saturated rings. The molecule has 1 aliphatic heterocycles. The Bertz CT molecular complexity index is 1010. The first kappa shape index (κ1) is 15.3. The highest BCUT2D eigenvalue weighted by Gasteiger charge is 2.30. The molecular formula is C18H14N4O2S. The number of nitrogens with one attached hydrogen (secondary N) is 1. The Morgan fingerprint density at radius 1 is 1.12 bits per heavy atom. The van der Waals surface area contributed by atoms with E-state index >= 15 is 0 Å². The lowest BCUT2D eigenvalue weighted by Gasteiger charge is -2.11. The van der Waals surface area contributed by atoms with E-state index in [0.29, 0.717) is 16.1 Å². The molecule has 0 unspecified atom stereocenters. The van der Waals surface area contributed by atoms with Gasteiger partial charge < -0.3 is 10.2 Å².